The van der Waals surface area contributed by atoms with Crippen molar-refractivity contribution in [2.45, 2.75) is 18.0 Å². The smallest absolute Gasteiger partial charge is 0.416 e. The number of sulfonamides is 1. The van der Waals surface area contributed by atoms with Gasteiger partial charge in [0, 0.05) is 12.4 Å². The molecule has 7 nitrogen and oxygen atoms in total. The third kappa shape index (κ3) is 4.83. The van der Waals surface area contributed by atoms with Gasteiger partial charge in [-0.25, -0.2) is 18.4 Å². The molecule has 3 rings (SSSR count). The van der Waals surface area contributed by atoms with E-state index in [0.29, 0.717) is 6.07 Å². The number of hydrogen-bond acceptors (Lipinski definition) is 6. The minimum absolute atomic E-state index is 0.0000334. The van der Waals surface area contributed by atoms with Crippen molar-refractivity contribution in [3.8, 4) is 5.88 Å². The Kier molecular flexibility index (Phi) is 6.42. The summed E-state index contributed by atoms with van der Waals surface area (Å²) in [7, 11) is -3.23. The van der Waals surface area contributed by atoms with Crippen molar-refractivity contribution >= 4 is 33.1 Å². The molecule has 2 aromatic heterocycles. The minimum atomic E-state index is -4.74. The number of ketones is 1. The van der Waals surface area contributed by atoms with Crippen LogP contribution in [0.2, 0.25) is 5.02 Å². The number of nitrogens with one attached hydrogen (secondary N) is 1. The number of carbonyl (C=O) groups is 1. The Morgan fingerprint density at radius 2 is 1.88 bits per heavy atom. The normalized spacial score (nSPS) is 11.8. The molecule has 32 heavy (non-hydrogen) atoms. The molecule has 0 radical (unpaired) electrons. The standard InChI is InChI=1S/C20H15ClF3N3O4S/c1-11-5-6-13(9-15(11)20(22,23)24)32(29,30)27-16-8-12(21)10-26-17(16)18(28)14-4-3-7-25-19(14)31-2/h3-10,27H,1-2H3. The van der Waals surface area contributed by atoms with E-state index in [-0.39, 0.29) is 33.4 Å². The number of hydrogen-bond donors (Lipinski definition) is 1. The molecule has 0 unspecified atom stereocenters. The van der Waals surface area contributed by atoms with Crippen LogP contribution in [0.5, 0.6) is 5.88 Å². The number of rotatable bonds is 6. The highest BCUT2D eigenvalue weighted by atomic mass is 35.5. The van der Waals surface area contributed by atoms with Crippen molar-refractivity contribution in [2.24, 2.45) is 0 Å². The first kappa shape index (κ1) is 23.5. The van der Waals surface area contributed by atoms with Crippen molar-refractivity contribution in [3.05, 3.63) is 76.2 Å². The van der Waals surface area contributed by atoms with Gasteiger partial charge >= 0.3 is 6.18 Å². The largest absolute Gasteiger partial charge is 0.480 e. The van der Waals surface area contributed by atoms with E-state index in [2.05, 4.69) is 14.7 Å². The molecule has 0 aliphatic rings. The molecule has 0 saturated heterocycles. The number of methoxy groups -OCH3 is 1. The van der Waals surface area contributed by atoms with Gasteiger partial charge in [-0.3, -0.25) is 9.52 Å². The Morgan fingerprint density at radius 1 is 1.16 bits per heavy atom. The van der Waals surface area contributed by atoms with E-state index >= 15 is 0 Å². The van der Waals surface area contributed by atoms with Gasteiger partial charge in [0.15, 0.2) is 0 Å². The van der Waals surface area contributed by atoms with Gasteiger partial charge in [0.25, 0.3) is 10.0 Å². The van der Waals surface area contributed by atoms with Gasteiger partial charge in [-0.2, -0.15) is 13.2 Å². The summed E-state index contributed by atoms with van der Waals surface area (Å²) in [6, 6.07) is 6.58. The third-order valence-electron chi connectivity index (χ3n) is 4.35. The second-order valence-corrected chi connectivity index (χ2v) is 8.64. The molecule has 2 heterocycles. The summed E-state index contributed by atoms with van der Waals surface area (Å²) in [6.45, 7) is 1.21. The fraction of sp³-hybridized carbons (Fsp3) is 0.150. The monoisotopic (exact) mass is 485 g/mol. The van der Waals surface area contributed by atoms with Crippen LogP contribution in [0.15, 0.2) is 53.7 Å². The van der Waals surface area contributed by atoms with Gasteiger partial charge in [-0.1, -0.05) is 17.7 Å². The molecule has 1 N–H and O–H groups in total. The molecule has 0 spiro atoms. The van der Waals surface area contributed by atoms with Crippen LogP contribution in [-0.4, -0.2) is 31.3 Å². The SMILES string of the molecule is COc1ncccc1C(=O)c1ncc(Cl)cc1NS(=O)(=O)c1ccc(C)c(C(F)(F)F)c1. The molecule has 3 aromatic rings. The summed E-state index contributed by atoms with van der Waals surface area (Å²) in [5.74, 6) is -0.749. The predicted molar refractivity (Wildman–Crippen MR) is 110 cm³/mol. The van der Waals surface area contributed by atoms with Crippen LogP contribution in [0.3, 0.4) is 0 Å². The molecule has 0 aliphatic heterocycles. The summed E-state index contributed by atoms with van der Waals surface area (Å²) in [4.78, 5) is 20.2. The lowest BCUT2D eigenvalue weighted by Gasteiger charge is -2.15. The second kappa shape index (κ2) is 8.75. The molecule has 12 heteroatoms. The molecule has 0 bridgehead atoms. The van der Waals surface area contributed by atoms with Crippen molar-refractivity contribution < 1.29 is 31.1 Å². The van der Waals surface area contributed by atoms with Crippen LogP contribution in [0.1, 0.15) is 27.2 Å². The van der Waals surface area contributed by atoms with E-state index in [1.54, 1.807) is 0 Å². The first-order valence-electron chi connectivity index (χ1n) is 8.84. The number of ether oxygens (including phenoxy) is 1. The average molecular weight is 486 g/mol. The van der Waals surface area contributed by atoms with E-state index in [1.807, 2.05) is 0 Å². The van der Waals surface area contributed by atoms with Crippen LogP contribution in [0.4, 0.5) is 18.9 Å². The minimum Gasteiger partial charge on any atom is -0.480 e. The molecule has 0 fully saturated rings. The lowest BCUT2D eigenvalue weighted by atomic mass is 10.1. The highest BCUT2D eigenvalue weighted by Gasteiger charge is 2.34. The van der Waals surface area contributed by atoms with E-state index < -0.39 is 32.4 Å². The van der Waals surface area contributed by atoms with Crippen molar-refractivity contribution in [2.75, 3.05) is 11.8 Å². The first-order valence-corrected chi connectivity index (χ1v) is 10.7. The van der Waals surface area contributed by atoms with Gasteiger partial charge in [-0.15, -0.1) is 0 Å². The molecule has 0 aliphatic carbocycles. The molecule has 0 amide bonds. The number of anilines is 1. The van der Waals surface area contributed by atoms with Crippen LogP contribution < -0.4 is 9.46 Å². The quantitative estimate of drug-likeness (QED) is 0.516. The maximum absolute atomic E-state index is 13.2. The van der Waals surface area contributed by atoms with Gasteiger partial charge < -0.3 is 4.74 Å². The zero-order valence-corrected chi connectivity index (χ0v) is 18.1. The number of pyridine rings is 2. The van der Waals surface area contributed by atoms with Crippen molar-refractivity contribution in [3.63, 3.8) is 0 Å². The Bertz CT molecular complexity index is 1300. The summed E-state index contributed by atoms with van der Waals surface area (Å²) in [5, 5.41) is -0.00251. The van der Waals surface area contributed by atoms with E-state index in [1.165, 1.54) is 32.4 Å². The van der Waals surface area contributed by atoms with Gasteiger partial charge in [0.2, 0.25) is 11.7 Å². The highest BCUT2D eigenvalue weighted by Crippen LogP contribution is 2.34. The van der Waals surface area contributed by atoms with Gasteiger partial charge in [0.1, 0.15) is 5.69 Å². The number of aromatic nitrogens is 2. The zero-order valence-electron chi connectivity index (χ0n) is 16.6. The average Bonchev–Trinajstić information content (AvgIpc) is 2.72. The third-order valence-corrected chi connectivity index (χ3v) is 5.92. The Labute approximate surface area is 186 Å². The molecular formula is C20H15ClF3N3O4S. The Hall–Kier alpha value is -3.18. The lowest BCUT2D eigenvalue weighted by molar-refractivity contribution is -0.138. The zero-order chi connectivity index (χ0) is 23.7. The Balaban J connectivity index is 2.07. The molecule has 0 saturated carbocycles. The maximum atomic E-state index is 13.2. The number of benzene rings is 1. The Morgan fingerprint density at radius 3 is 2.53 bits per heavy atom. The summed E-state index contributed by atoms with van der Waals surface area (Å²) in [6.07, 6.45) is -2.22. The predicted octanol–water partition coefficient (Wildman–Crippen LogP) is 4.50. The van der Waals surface area contributed by atoms with Crippen molar-refractivity contribution in [1.29, 1.82) is 0 Å². The summed E-state index contributed by atoms with van der Waals surface area (Å²) < 4.78 is 72.5. The fourth-order valence-corrected chi connectivity index (χ4v) is 4.07. The number of halogens is 4. The van der Waals surface area contributed by atoms with E-state index in [9.17, 15) is 26.4 Å². The van der Waals surface area contributed by atoms with E-state index in [4.69, 9.17) is 16.3 Å². The fourth-order valence-electron chi connectivity index (χ4n) is 2.83. The van der Waals surface area contributed by atoms with Gasteiger partial charge in [-0.05, 0) is 42.8 Å². The molecule has 0 atom stereocenters. The summed E-state index contributed by atoms with van der Waals surface area (Å²) >= 11 is 5.91. The van der Waals surface area contributed by atoms with Crippen LogP contribution in [0.25, 0.3) is 0 Å². The van der Waals surface area contributed by atoms with Crippen molar-refractivity contribution in [1.82, 2.24) is 9.97 Å². The van der Waals surface area contributed by atoms with Gasteiger partial charge in [0.05, 0.1) is 33.8 Å². The van der Waals surface area contributed by atoms with Crippen LogP contribution in [-0.2, 0) is 16.2 Å². The molecule has 168 valence electrons. The van der Waals surface area contributed by atoms with E-state index in [0.717, 1.165) is 24.4 Å². The number of alkyl halides is 3. The lowest BCUT2D eigenvalue weighted by Crippen LogP contribution is -2.18. The number of aryl methyl sites for hydroxylation is 1. The molecule has 1 aromatic carbocycles. The maximum Gasteiger partial charge on any atom is 0.416 e. The number of nitrogens with zero attached hydrogens (tertiary/aromatic N) is 2. The van der Waals surface area contributed by atoms with Crippen LogP contribution in [0, 0.1) is 6.92 Å². The highest BCUT2D eigenvalue weighted by molar-refractivity contribution is 7.92. The molecular weight excluding hydrogens is 471 g/mol. The topological polar surface area (TPSA) is 98.2 Å². The first-order chi connectivity index (χ1) is 14.9. The second-order valence-electron chi connectivity index (χ2n) is 6.52. The number of carbonyl (C=O) groups excluding carboxylic acids is 1. The summed E-state index contributed by atoms with van der Waals surface area (Å²) in [5.41, 5.74) is -1.89. The van der Waals surface area contributed by atoms with Crippen LogP contribution >= 0.6 is 11.6 Å².